The van der Waals surface area contributed by atoms with Crippen molar-refractivity contribution in [3.63, 3.8) is 0 Å². The van der Waals surface area contributed by atoms with Gasteiger partial charge in [0.25, 0.3) is 0 Å². The lowest BCUT2D eigenvalue weighted by molar-refractivity contribution is 0.383. The SMILES string of the molecule is Cc1nc(O)c2c(n1)CC(C)(C)C2. The first-order chi connectivity index (χ1) is 5.98. The van der Waals surface area contributed by atoms with Crippen molar-refractivity contribution in [1.29, 1.82) is 0 Å². The van der Waals surface area contributed by atoms with Crippen molar-refractivity contribution in [3.8, 4) is 5.88 Å². The summed E-state index contributed by atoms with van der Waals surface area (Å²) >= 11 is 0. The summed E-state index contributed by atoms with van der Waals surface area (Å²) in [7, 11) is 0. The van der Waals surface area contributed by atoms with Gasteiger partial charge in [0.1, 0.15) is 5.82 Å². The Bertz CT molecular complexity index is 358. The van der Waals surface area contributed by atoms with Gasteiger partial charge in [-0.15, -0.1) is 0 Å². The smallest absolute Gasteiger partial charge is 0.217 e. The zero-order valence-corrected chi connectivity index (χ0v) is 8.26. The quantitative estimate of drug-likeness (QED) is 0.656. The van der Waals surface area contributed by atoms with Crippen LogP contribution in [0, 0.1) is 12.3 Å². The van der Waals surface area contributed by atoms with Crippen molar-refractivity contribution in [1.82, 2.24) is 9.97 Å². The van der Waals surface area contributed by atoms with Crippen molar-refractivity contribution in [2.24, 2.45) is 5.41 Å². The van der Waals surface area contributed by atoms with E-state index in [4.69, 9.17) is 0 Å². The van der Waals surface area contributed by atoms with Gasteiger partial charge >= 0.3 is 0 Å². The molecule has 0 spiro atoms. The molecule has 0 radical (unpaired) electrons. The van der Waals surface area contributed by atoms with Crippen molar-refractivity contribution in [3.05, 3.63) is 17.1 Å². The Balaban J connectivity index is 2.52. The van der Waals surface area contributed by atoms with Crippen LogP contribution in [0.15, 0.2) is 0 Å². The molecular formula is C10H14N2O. The van der Waals surface area contributed by atoms with Crippen molar-refractivity contribution >= 4 is 0 Å². The molecule has 0 bridgehead atoms. The molecule has 0 amide bonds. The molecule has 1 aromatic rings. The van der Waals surface area contributed by atoms with Crippen LogP contribution in [0.4, 0.5) is 0 Å². The number of nitrogens with zero attached hydrogens (tertiary/aromatic N) is 2. The molecular weight excluding hydrogens is 164 g/mol. The molecule has 0 atom stereocenters. The largest absolute Gasteiger partial charge is 0.493 e. The van der Waals surface area contributed by atoms with E-state index in [0.717, 1.165) is 24.1 Å². The average Bonchev–Trinajstić information content (AvgIpc) is 2.23. The highest BCUT2D eigenvalue weighted by Crippen LogP contribution is 2.38. The number of aryl methyl sites for hydroxylation is 1. The van der Waals surface area contributed by atoms with E-state index in [-0.39, 0.29) is 11.3 Å². The van der Waals surface area contributed by atoms with E-state index in [1.165, 1.54) is 0 Å². The van der Waals surface area contributed by atoms with E-state index in [0.29, 0.717) is 5.82 Å². The maximum absolute atomic E-state index is 9.59. The van der Waals surface area contributed by atoms with Crippen LogP contribution in [-0.4, -0.2) is 15.1 Å². The molecule has 1 aliphatic carbocycles. The summed E-state index contributed by atoms with van der Waals surface area (Å²) in [5, 5.41) is 9.59. The second-order valence-electron chi connectivity index (χ2n) is 4.54. The highest BCUT2D eigenvalue weighted by Gasteiger charge is 2.32. The number of aromatic nitrogens is 2. The van der Waals surface area contributed by atoms with Gasteiger partial charge in [0.15, 0.2) is 0 Å². The first-order valence-electron chi connectivity index (χ1n) is 4.53. The van der Waals surface area contributed by atoms with E-state index in [1.54, 1.807) is 0 Å². The molecule has 0 aromatic carbocycles. The molecule has 13 heavy (non-hydrogen) atoms. The molecule has 0 saturated heterocycles. The first-order valence-corrected chi connectivity index (χ1v) is 4.53. The second kappa shape index (κ2) is 2.44. The lowest BCUT2D eigenvalue weighted by atomic mass is 9.91. The van der Waals surface area contributed by atoms with Gasteiger partial charge in [-0.1, -0.05) is 13.8 Å². The Morgan fingerprint density at radius 2 is 1.92 bits per heavy atom. The average molecular weight is 178 g/mol. The Labute approximate surface area is 77.8 Å². The molecule has 70 valence electrons. The molecule has 1 heterocycles. The van der Waals surface area contributed by atoms with Gasteiger partial charge in [-0.05, 0) is 25.2 Å². The van der Waals surface area contributed by atoms with E-state index >= 15 is 0 Å². The fourth-order valence-corrected chi connectivity index (χ4v) is 1.96. The Morgan fingerprint density at radius 1 is 1.23 bits per heavy atom. The predicted molar refractivity (Wildman–Crippen MR) is 49.6 cm³/mol. The summed E-state index contributed by atoms with van der Waals surface area (Å²) in [4.78, 5) is 8.29. The summed E-state index contributed by atoms with van der Waals surface area (Å²) in [6.45, 7) is 6.18. The van der Waals surface area contributed by atoms with E-state index in [2.05, 4.69) is 23.8 Å². The monoisotopic (exact) mass is 178 g/mol. The Morgan fingerprint density at radius 3 is 2.62 bits per heavy atom. The van der Waals surface area contributed by atoms with Crippen LogP contribution in [0.2, 0.25) is 0 Å². The van der Waals surface area contributed by atoms with E-state index in [1.807, 2.05) is 6.92 Å². The summed E-state index contributed by atoms with van der Waals surface area (Å²) in [6, 6.07) is 0. The van der Waals surface area contributed by atoms with Gasteiger partial charge in [0.2, 0.25) is 5.88 Å². The zero-order valence-electron chi connectivity index (χ0n) is 8.26. The zero-order chi connectivity index (χ0) is 9.64. The Kier molecular flexibility index (Phi) is 1.59. The maximum atomic E-state index is 9.59. The molecule has 1 aliphatic rings. The number of hydrogen-bond acceptors (Lipinski definition) is 3. The highest BCUT2D eigenvalue weighted by molar-refractivity contribution is 5.35. The first kappa shape index (κ1) is 8.48. The molecule has 0 aliphatic heterocycles. The third-order valence-electron chi connectivity index (χ3n) is 2.48. The molecule has 0 unspecified atom stereocenters. The summed E-state index contributed by atoms with van der Waals surface area (Å²) in [6.07, 6.45) is 1.83. The molecule has 0 saturated carbocycles. The van der Waals surface area contributed by atoms with Gasteiger partial charge in [-0.2, -0.15) is 4.98 Å². The number of hydrogen-bond donors (Lipinski definition) is 1. The van der Waals surface area contributed by atoms with Crippen molar-refractivity contribution in [2.45, 2.75) is 33.6 Å². The van der Waals surface area contributed by atoms with Gasteiger partial charge < -0.3 is 5.11 Å². The third-order valence-corrected chi connectivity index (χ3v) is 2.48. The number of fused-ring (bicyclic) bond motifs is 1. The third kappa shape index (κ3) is 1.39. The number of rotatable bonds is 0. The summed E-state index contributed by atoms with van der Waals surface area (Å²) < 4.78 is 0. The van der Waals surface area contributed by atoms with Crippen LogP contribution < -0.4 is 0 Å². The van der Waals surface area contributed by atoms with Crippen molar-refractivity contribution in [2.75, 3.05) is 0 Å². The lowest BCUT2D eigenvalue weighted by Gasteiger charge is -2.14. The van der Waals surface area contributed by atoms with Gasteiger partial charge in [0.05, 0.1) is 5.69 Å². The number of aromatic hydroxyl groups is 1. The Hall–Kier alpha value is -1.12. The molecule has 0 fully saturated rings. The molecule has 1 N–H and O–H groups in total. The second-order valence-corrected chi connectivity index (χ2v) is 4.54. The van der Waals surface area contributed by atoms with Crippen LogP contribution in [0.25, 0.3) is 0 Å². The highest BCUT2D eigenvalue weighted by atomic mass is 16.3. The standard InChI is InChI=1S/C10H14N2O/c1-6-11-8-5-10(2,3)4-7(8)9(13)12-6/h4-5H2,1-3H3,(H,11,12,13). The fraction of sp³-hybridized carbons (Fsp3) is 0.600. The molecule has 3 nitrogen and oxygen atoms in total. The van der Waals surface area contributed by atoms with E-state index < -0.39 is 0 Å². The summed E-state index contributed by atoms with van der Waals surface area (Å²) in [5.41, 5.74) is 2.19. The normalized spacial score (nSPS) is 18.7. The summed E-state index contributed by atoms with van der Waals surface area (Å²) in [5.74, 6) is 0.835. The molecule has 3 heteroatoms. The van der Waals surface area contributed by atoms with Gasteiger partial charge in [-0.3, -0.25) is 0 Å². The minimum absolute atomic E-state index is 0.174. The van der Waals surface area contributed by atoms with Gasteiger partial charge in [0, 0.05) is 5.56 Å². The van der Waals surface area contributed by atoms with Gasteiger partial charge in [-0.25, -0.2) is 4.98 Å². The van der Waals surface area contributed by atoms with Crippen molar-refractivity contribution < 1.29 is 5.11 Å². The molecule has 1 aromatic heterocycles. The molecule has 2 rings (SSSR count). The maximum Gasteiger partial charge on any atom is 0.217 e. The van der Waals surface area contributed by atoms with Crippen LogP contribution in [-0.2, 0) is 12.8 Å². The lowest BCUT2D eigenvalue weighted by Crippen LogP contribution is -2.09. The van der Waals surface area contributed by atoms with Crippen LogP contribution in [0.5, 0.6) is 5.88 Å². The minimum Gasteiger partial charge on any atom is -0.493 e. The van der Waals surface area contributed by atoms with Crippen LogP contribution >= 0.6 is 0 Å². The van der Waals surface area contributed by atoms with Crippen LogP contribution in [0.1, 0.15) is 30.9 Å². The topological polar surface area (TPSA) is 46.0 Å². The predicted octanol–water partition coefficient (Wildman–Crippen LogP) is 1.62. The van der Waals surface area contributed by atoms with E-state index in [9.17, 15) is 5.11 Å². The fourth-order valence-electron chi connectivity index (χ4n) is 1.96. The van der Waals surface area contributed by atoms with Crippen LogP contribution in [0.3, 0.4) is 0 Å². The minimum atomic E-state index is 0.174.